The van der Waals surface area contributed by atoms with E-state index in [0.29, 0.717) is 5.92 Å². The van der Waals surface area contributed by atoms with Crippen LogP contribution < -0.4 is 5.56 Å². The van der Waals surface area contributed by atoms with E-state index in [1.165, 1.54) is 29.9 Å². The summed E-state index contributed by atoms with van der Waals surface area (Å²) in [4.78, 5) is 10.9. The first-order valence-corrected chi connectivity index (χ1v) is 3.51. The molecular formula is C7H9NO2. The average Bonchev–Trinajstić information content (AvgIpc) is 2.62. The first-order chi connectivity index (χ1) is 4.86. The molecule has 1 aromatic rings. The van der Waals surface area contributed by atoms with Crippen LogP contribution in [0.3, 0.4) is 0 Å². The fraction of sp³-hybridized carbons (Fsp3) is 0.571. The van der Waals surface area contributed by atoms with Gasteiger partial charge in [0.25, 0.3) is 5.56 Å². The molecule has 0 N–H and O–H groups in total. The standard InChI is InChI=1S/C7H9NO2/c9-7-3-4-10-8(7)5-6-1-2-6/h3-4,6H,1-2,5H2. The Labute approximate surface area is 58.2 Å². The Bertz CT molecular complexity index is 269. The van der Waals surface area contributed by atoms with Gasteiger partial charge in [-0.15, -0.1) is 0 Å². The molecule has 0 aromatic carbocycles. The largest absolute Gasteiger partial charge is 0.384 e. The minimum absolute atomic E-state index is 0.0214. The summed E-state index contributed by atoms with van der Waals surface area (Å²) in [6, 6.07) is 1.45. The van der Waals surface area contributed by atoms with Gasteiger partial charge in [0.05, 0.1) is 6.54 Å². The summed E-state index contributed by atoms with van der Waals surface area (Å²) < 4.78 is 6.33. The number of hydrogen-bond acceptors (Lipinski definition) is 2. The number of aromatic nitrogens is 1. The van der Waals surface area contributed by atoms with E-state index in [9.17, 15) is 4.79 Å². The molecule has 1 aromatic heterocycles. The maximum atomic E-state index is 10.9. The number of rotatable bonds is 2. The van der Waals surface area contributed by atoms with Crippen LogP contribution in [-0.4, -0.2) is 4.74 Å². The summed E-state index contributed by atoms with van der Waals surface area (Å²) in [5.74, 6) is 0.698. The highest BCUT2D eigenvalue weighted by Crippen LogP contribution is 2.29. The minimum Gasteiger partial charge on any atom is -0.384 e. The van der Waals surface area contributed by atoms with Crippen molar-refractivity contribution in [2.24, 2.45) is 5.92 Å². The molecule has 0 radical (unpaired) electrons. The Hall–Kier alpha value is -0.990. The Balaban J connectivity index is 2.16. The molecule has 1 fully saturated rings. The zero-order valence-corrected chi connectivity index (χ0v) is 5.62. The molecule has 0 atom stereocenters. The molecule has 1 heterocycles. The van der Waals surface area contributed by atoms with Crippen LogP contribution in [0.1, 0.15) is 12.8 Å². The van der Waals surface area contributed by atoms with Crippen molar-refractivity contribution in [1.29, 1.82) is 0 Å². The molecule has 0 saturated heterocycles. The van der Waals surface area contributed by atoms with Gasteiger partial charge in [-0.3, -0.25) is 4.79 Å². The van der Waals surface area contributed by atoms with Gasteiger partial charge in [0.2, 0.25) is 0 Å². The molecule has 3 nitrogen and oxygen atoms in total. The summed E-state index contributed by atoms with van der Waals surface area (Å²) in [5, 5.41) is 0. The second kappa shape index (κ2) is 2.01. The van der Waals surface area contributed by atoms with Crippen molar-refractivity contribution in [1.82, 2.24) is 4.74 Å². The van der Waals surface area contributed by atoms with Crippen LogP contribution in [0.2, 0.25) is 0 Å². The molecule has 10 heavy (non-hydrogen) atoms. The third kappa shape index (κ3) is 0.988. The molecule has 1 aliphatic rings. The van der Waals surface area contributed by atoms with Crippen molar-refractivity contribution < 1.29 is 4.52 Å². The van der Waals surface area contributed by atoms with E-state index in [1.54, 1.807) is 0 Å². The van der Waals surface area contributed by atoms with Gasteiger partial charge in [0, 0.05) is 6.07 Å². The van der Waals surface area contributed by atoms with Gasteiger partial charge >= 0.3 is 0 Å². The lowest BCUT2D eigenvalue weighted by atomic mass is 10.4. The van der Waals surface area contributed by atoms with Crippen molar-refractivity contribution >= 4 is 0 Å². The van der Waals surface area contributed by atoms with Gasteiger partial charge in [0.1, 0.15) is 6.26 Å². The fourth-order valence-electron chi connectivity index (χ4n) is 0.965. The molecule has 1 aliphatic carbocycles. The van der Waals surface area contributed by atoms with Crippen molar-refractivity contribution in [2.75, 3.05) is 0 Å². The normalized spacial score (nSPS) is 17.6. The van der Waals surface area contributed by atoms with E-state index in [0.717, 1.165) is 6.54 Å². The van der Waals surface area contributed by atoms with Gasteiger partial charge in [0.15, 0.2) is 0 Å². The Morgan fingerprint density at radius 3 is 3.00 bits per heavy atom. The lowest BCUT2D eigenvalue weighted by Crippen LogP contribution is -2.14. The SMILES string of the molecule is O=c1ccon1CC1CC1. The number of hydrogen-bond donors (Lipinski definition) is 0. The van der Waals surface area contributed by atoms with E-state index in [2.05, 4.69) is 0 Å². The van der Waals surface area contributed by atoms with Crippen LogP contribution in [-0.2, 0) is 6.54 Å². The number of nitrogens with zero attached hydrogens (tertiary/aromatic N) is 1. The molecule has 0 unspecified atom stereocenters. The summed E-state index contributed by atoms with van der Waals surface area (Å²) >= 11 is 0. The summed E-state index contributed by atoms with van der Waals surface area (Å²) in [6.45, 7) is 0.770. The second-order valence-electron chi connectivity index (χ2n) is 2.75. The molecule has 0 spiro atoms. The highest BCUT2D eigenvalue weighted by molar-refractivity contribution is 4.79. The van der Waals surface area contributed by atoms with Crippen LogP contribution >= 0.6 is 0 Å². The zero-order valence-electron chi connectivity index (χ0n) is 5.62. The third-order valence-electron chi connectivity index (χ3n) is 1.77. The van der Waals surface area contributed by atoms with E-state index < -0.39 is 0 Å². The van der Waals surface area contributed by atoms with E-state index in [4.69, 9.17) is 4.52 Å². The molecule has 54 valence electrons. The maximum Gasteiger partial charge on any atom is 0.282 e. The highest BCUT2D eigenvalue weighted by atomic mass is 16.5. The average molecular weight is 139 g/mol. The van der Waals surface area contributed by atoms with E-state index >= 15 is 0 Å². The predicted molar refractivity (Wildman–Crippen MR) is 35.7 cm³/mol. The van der Waals surface area contributed by atoms with E-state index in [-0.39, 0.29) is 5.56 Å². The third-order valence-corrected chi connectivity index (χ3v) is 1.77. The van der Waals surface area contributed by atoms with Gasteiger partial charge < -0.3 is 4.52 Å². The topological polar surface area (TPSA) is 35.1 Å². The molecule has 0 bridgehead atoms. The van der Waals surface area contributed by atoms with Crippen LogP contribution in [0.5, 0.6) is 0 Å². The van der Waals surface area contributed by atoms with Crippen molar-refractivity contribution in [2.45, 2.75) is 19.4 Å². The van der Waals surface area contributed by atoms with Gasteiger partial charge in [-0.2, -0.15) is 4.74 Å². The summed E-state index contributed by atoms with van der Waals surface area (Å²) in [5.41, 5.74) is -0.0214. The van der Waals surface area contributed by atoms with Crippen LogP contribution in [0.4, 0.5) is 0 Å². The zero-order chi connectivity index (χ0) is 6.97. The van der Waals surface area contributed by atoms with Gasteiger partial charge in [-0.25, -0.2) is 0 Å². The second-order valence-corrected chi connectivity index (χ2v) is 2.75. The quantitative estimate of drug-likeness (QED) is 0.608. The van der Waals surface area contributed by atoms with Crippen molar-refractivity contribution in [3.05, 3.63) is 22.7 Å². The summed E-state index contributed by atoms with van der Waals surface area (Å²) in [7, 11) is 0. The highest BCUT2D eigenvalue weighted by Gasteiger charge is 2.22. The lowest BCUT2D eigenvalue weighted by Gasteiger charge is -1.93. The van der Waals surface area contributed by atoms with Crippen LogP contribution in [0.25, 0.3) is 0 Å². The summed E-state index contributed by atoms with van der Waals surface area (Å²) in [6.07, 6.45) is 3.92. The molecule has 1 saturated carbocycles. The Morgan fingerprint density at radius 1 is 1.70 bits per heavy atom. The smallest absolute Gasteiger partial charge is 0.282 e. The van der Waals surface area contributed by atoms with Gasteiger partial charge in [-0.05, 0) is 18.8 Å². The predicted octanol–water partition coefficient (Wildman–Crippen LogP) is 0.851. The van der Waals surface area contributed by atoms with Gasteiger partial charge in [-0.1, -0.05) is 0 Å². The van der Waals surface area contributed by atoms with Crippen LogP contribution in [0.15, 0.2) is 21.6 Å². The lowest BCUT2D eigenvalue weighted by molar-refractivity contribution is 0.250. The fourth-order valence-corrected chi connectivity index (χ4v) is 0.965. The van der Waals surface area contributed by atoms with Crippen LogP contribution in [0, 0.1) is 5.92 Å². The van der Waals surface area contributed by atoms with Crippen molar-refractivity contribution in [3.63, 3.8) is 0 Å². The monoisotopic (exact) mass is 139 g/mol. The maximum absolute atomic E-state index is 10.9. The Morgan fingerprint density at radius 2 is 2.50 bits per heavy atom. The molecular weight excluding hydrogens is 130 g/mol. The Kier molecular flexibility index (Phi) is 1.16. The van der Waals surface area contributed by atoms with Crippen molar-refractivity contribution in [3.8, 4) is 0 Å². The molecule has 0 aliphatic heterocycles. The first-order valence-electron chi connectivity index (χ1n) is 3.51. The molecule has 0 amide bonds. The minimum atomic E-state index is -0.0214. The molecule has 2 rings (SSSR count). The molecule has 3 heteroatoms. The van der Waals surface area contributed by atoms with E-state index in [1.807, 2.05) is 0 Å². The first kappa shape index (κ1) is 5.77.